The van der Waals surface area contributed by atoms with Gasteiger partial charge in [0.1, 0.15) is 5.75 Å². The van der Waals surface area contributed by atoms with Gasteiger partial charge in [0.25, 0.3) is 0 Å². The highest BCUT2D eigenvalue weighted by atomic mass is 79.9. The molecule has 2 rings (SSSR count). The minimum absolute atomic E-state index is 0.104. The molecule has 0 radical (unpaired) electrons. The first-order valence-electron chi connectivity index (χ1n) is 7.54. The minimum Gasteiger partial charge on any atom is -0.491 e. The Kier molecular flexibility index (Phi) is 5.66. The van der Waals surface area contributed by atoms with Crippen LogP contribution in [-0.4, -0.2) is 13.2 Å². The lowest BCUT2D eigenvalue weighted by Gasteiger charge is -2.18. The van der Waals surface area contributed by atoms with Gasteiger partial charge in [-0.15, -0.1) is 0 Å². The van der Waals surface area contributed by atoms with Gasteiger partial charge in [0, 0.05) is 23.9 Å². The average Bonchev–Trinajstić information content (AvgIpc) is 3.18. The maximum Gasteiger partial charge on any atom is 0.137 e. The Morgan fingerprint density at radius 2 is 2.19 bits per heavy atom. The first-order valence-corrected chi connectivity index (χ1v) is 8.33. The molecule has 1 aromatic rings. The highest BCUT2D eigenvalue weighted by Gasteiger charge is 2.43. The van der Waals surface area contributed by atoms with Crippen LogP contribution in [0, 0.1) is 22.7 Å². The highest BCUT2D eigenvalue weighted by molar-refractivity contribution is 9.10. The van der Waals surface area contributed by atoms with Crippen LogP contribution >= 0.6 is 15.9 Å². The van der Waals surface area contributed by atoms with E-state index >= 15 is 0 Å². The summed E-state index contributed by atoms with van der Waals surface area (Å²) in [4.78, 5) is 0. The van der Waals surface area contributed by atoms with E-state index in [1.165, 1.54) is 0 Å². The predicted octanol–water partition coefficient (Wildman–Crippen LogP) is 4.27. The van der Waals surface area contributed by atoms with E-state index in [0.717, 1.165) is 41.7 Å². The van der Waals surface area contributed by atoms with Crippen molar-refractivity contribution in [2.24, 2.45) is 11.3 Å². The van der Waals surface area contributed by atoms with Crippen LogP contribution in [-0.2, 0) is 6.54 Å². The van der Waals surface area contributed by atoms with Crippen molar-refractivity contribution >= 4 is 15.9 Å². The fraction of sp³-hybridized carbons (Fsp3) is 0.588. The van der Waals surface area contributed by atoms with Crippen molar-refractivity contribution in [2.45, 2.75) is 39.7 Å². The van der Waals surface area contributed by atoms with Gasteiger partial charge in [-0.25, -0.2) is 0 Å². The summed E-state index contributed by atoms with van der Waals surface area (Å²) in [5, 5.41) is 12.3. The summed E-state index contributed by atoms with van der Waals surface area (Å²) in [5.74, 6) is 1.55. The second kappa shape index (κ2) is 7.29. The molecule has 0 aromatic heterocycles. The van der Waals surface area contributed by atoms with Crippen LogP contribution in [0.1, 0.15) is 38.7 Å². The van der Waals surface area contributed by atoms with Crippen LogP contribution in [0.3, 0.4) is 0 Å². The van der Waals surface area contributed by atoms with Gasteiger partial charge < -0.3 is 10.1 Å². The van der Waals surface area contributed by atoms with Crippen molar-refractivity contribution in [1.82, 2.24) is 5.32 Å². The smallest absolute Gasteiger partial charge is 0.137 e. The molecule has 21 heavy (non-hydrogen) atoms. The van der Waals surface area contributed by atoms with E-state index in [1.54, 1.807) is 0 Å². The monoisotopic (exact) mass is 350 g/mol. The molecular formula is C17H23BrN2O. The number of halogens is 1. The molecule has 4 heteroatoms. The lowest BCUT2D eigenvalue weighted by molar-refractivity contribution is 0.233. The maximum atomic E-state index is 8.89. The second-order valence-electron chi connectivity index (χ2n) is 6.38. The molecule has 1 aliphatic rings. The van der Waals surface area contributed by atoms with Crippen LogP contribution in [0.15, 0.2) is 22.7 Å². The largest absolute Gasteiger partial charge is 0.491 e. The standard InChI is InChI=1S/C17H23BrN2O/c1-13(2)10-20-11-14-4-3-5-15(18)16(14)21-12-17(6-7-17)8-9-19/h3-5,13,20H,6-8,10-12H2,1-2H3. The summed E-state index contributed by atoms with van der Waals surface area (Å²) < 4.78 is 7.05. The van der Waals surface area contributed by atoms with Gasteiger partial charge in [-0.05, 0) is 47.3 Å². The van der Waals surface area contributed by atoms with Crippen LogP contribution in [0.2, 0.25) is 0 Å². The topological polar surface area (TPSA) is 45.0 Å². The molecule has 0 atom stereocenters. The maximum absolute atomic E-state index is 8.89. The lowest BCUT2D eigenvalue weighted by atomic mass is 10.1. The highest BCUT2D eigenvalue weighted by Crippen LogP contribution is 2.49. The Hall–Kier alpha value is -1.05. The summed E-state index contributed by atoms with van der Waals surface area (Å²) in [7, 11) is 0. The van der Waals surface area contributed by atoms with Crippen LogP contribution in [0.25, 0.3) is 0 Å². The molecule has 0 saturated heterocycles. The minimum atomic E-state index is 0.104. The van der Waals surface area contributed by atoms with E-state index in [0.29, 0.717) is 18.9 Å². The Labute approximate surface area is 135 Å². The van der Waals surface area contributed by atoms with E-state index in [1.807, 2.05) is 12.1 Å². The van der Waals surface area contributed by atoms with Crippen molar-refractivity contribution < 1.29 is 4.74 Å². The molecule has 114 valence electrons. The van der Waals surface area contributed by atoms with E-state index in [-0.39, 0.29) is 5.41 Å². The fourth-order valence-corrected chi connectivity index (χ4v) is 2.81. The fourth-order valence-electron chi connectivity index (χ4n) is 2.29. The molecule has 1 fully saturated rings. The number of nitrogens with one attached hydrogen (secondary N) is 1. The van der Waals surface area contributed by atoms with E-state index in [9.17, 15) is 0 Å². The molecule has 0 unspecified atom stereocenters. The summed E-state index contributed by atoms with van der Waals surface area (Å²) in [6, 6.07) is 8.41. The van der Waals surface area contributed by atoms with Gasteiger partial charge >= 0.3 is 0 Å². The second-order valence-corrected chi connectivity index (χ2v) is 7.23. The number of hydrogen-bond acceptors (Lipinski definition) is 3. The van der Waals surface area contributed by atoms with Gasteiger partial charge in [-0.1, -0.05) is 26.0 Å². The molecule has 0 spiro atoms. The normalized spacial score (nSPS) is 15.8. The number of nitrogens with zero attached hydrogens (tertiary/aromatic N) is 1. The SMILES string of the molecule is CC(C)CNCc1cccc(Br)c1OCC1(CC#N)CC1. The van der Waals surface area contributed by atoms with Crippen molar-refractivity contribution in [3.8, 4) is 11.8 Å². The number of para-hydroxylation sites is 1. The summed E-state index contributed by atoms with van der Waals surface area (Å²) in [5.41, 5.74) is 1.27. The molecule has 1 N–H and O–H groups in total. The Bertz CT molecular complexity index is 518. The molecule has 0 aliphatic heterocycles. The van der Waals surface area contributed by atoms with Gasteiger partial charge in [-0.3, -0.25) is 0 Å². The number of rotatable bonds is 8. The summed E-state index contributed by atoms with van der Waals surface area (Å²) in [6.45, 7) is 6.83. The number of benzene rings is 1. The molecule has 0 amide bonds. The van der Waals surface area contributed by atoms with E-state index < -0.39 is 0 Å². The molecule has 0 heterocycles. The average molecular weight is 351 g/mol. The molecule has 0 bridgehead atoms. The Balaban J connectivity index is 1.99. The number of ether oxygens (including phenoxy) is 1. The predicted molar refractivity (Wildman–Crippen MR) is 88.1 cm³/mol. The molecule has 1 saturated carbocycles. The van der Waals surface area contributed by atoms with Gasteiger partial charge in [0.15, 0.2) is 0 Å². The summed E-state index contributed by atoms with van der Waals surface area (Å²) >= 11 is 3.58. The van der Waals surface area contributed by atoms with Crippen molar-refractivity contribution in [1.29, 1.82) is 5.26 Å². The van der Waals surface area contributed by atoms with Crippen molar-refractivity contribution in [3.05, 3.63) is 28.2 Å². The quantitative estimate of drug-likeness (QED) is 0.761. The number of nitriles is 1. The third-order valence-electron chi connectivity index (χ3n) is 3.85. The summed E-state index contributed by atoms with van der Waals surface area (Å²) in [6.07, 6.45) is 2.80. The van der Waals surface area contributed by atoms with Crippen LogP contribution in [0.4, 0.5) is 0 Å². The Morgan fingerprint density at radius 3 is 2.81 bits per heavy atom. The lowest BCUT2D eigenvalue weighted by Crippen LogP contribution is -2.20. The van der Waals surface area contributed by atoms with Gasteiger partial charge in [0.2, 0.25) is 0 Å². The molecule has 3 nitrogen and oxygen atoms in total. The van der Waals surface area contributed by atoms with Crippen LogP contribution < -0.4 is 10.1 Å². The number of hydrogen-bond donors (Lipinski definition) is 1. The van der Waals surface area contributed by atoms with Gasteiger partial charge in [0.05, 0.1) is 17.1 Å². The third kappa shape index (κ3) is 4.72. The van der Waals surface area contributed by atoms with Gasteiger partial charge in [-0.2, -0.15) is 5.26 Å². The molecule has 1 aliphatic carbocycles. The zero-order valence-electron chi connectivity index (χ0n) is 12.8. The van der Waals surface area contributed by atoms with E-state index in [2.05, 4.69) is 47.2 Å². The van der Waals surface area contributed by atoms with Crippen molar-refractivity contribution in [3.63, 3.8) is 0 Å². The van der Waals surface area contributed by atoms with E-state index in [4.69, 9.17) is 10.00 Å². The zero-order valence-corrected chi connectivity index (χ0v) is 14.4. The molecule has 1 aromatic carbocycles. The third-order valence-corrected chi connectivity index (χ3v) is 4.47. The van der Waals surface area contributed by atoms with Crippen molar-refractivity contribution in [2.75, 3.05) is 13.2 Å². The first kappa shape index (κ1) is 16.3. The Morgan fingerprint density at radius 1 is 1.43 bits per heavy atom. The molecular weight excluding hydrogens is 328 g/mol. The zero-order chi connectivity index (χ0) is 15.3. The van der Waals surface area contributed by atoms with Crippen LogP contribution in [0.5, 0.6) is 5.75 Å². The first-order chi connectivity index (χ1) is 10.1.